The molecule has 0 unspecified atom stereocenters. The maximum atomic E-state index is 2.65. The van der Waals surface area contributed by atoms with Crippen LogP contribution in [0.1, 0.15) is 0 Å². The minimum Gasteiger partial charge on any atom is -0.310 e. The standard InChI is InChI=1S/C80H53BN2/c1-7-26-54(27-8-1)60-49-51-72-71(52-60)81-70-50-48-61(77-68-40-21-19-38-66(68)76(59-36-17-6-18-37-59)67-39-20-22-41-69(67)77)53-75(70)83(80-64(57-32-13-4-14-33-57)44-24-45-65(80)58-34-15-5-16-35-58)74-47-25-46-73(78(74)81)82(72)79-62(55-28-9-2-10-29-55)42-23-43-63(79)56-30-11-3-12-31-56/h1-53H. The first-order valence-electron chi connectivity index (χ1n) is 28.8. The van der Waals surface area contributed by atoms with Gasteiger partial charge >= 0.3 is 0 Å². The highest BCUT2D eigenvalue weighted by molar-refractivity contribution is 7.00. The summed E-state index contributed by atoms with van der Waals surface area (Å²) in [7, 11) is 0. The van der Waals surface area contributed by atoms with E-state index in [-0.39, 0.29) is 6.71 Å². The molecule has 0 aromatic heterocycles. The van der Waals surface area contributed by atoms with Gasteiger partial charge in [0.15, 0.2) is 0 Å². The highest BCUT2D eigenvalue weighted by atomic mass is 15.2. The topological polar surface area (TPSA) is 6.48 Å². The van der Waals surface area contributed by atoms with Crippen LogP contribution >= 0.6 is 0 Å². The van der Waals surface area contributed by atoms with Crippen LogP contribution in [0.5, 0.6) is 0 Å². The molecule has 0 bridgehead atoms. The van der Waals surface area contributed by atoms with Gasteiger partial charge in [-0.2, -0.15) is 0 Å². The molecule has 0 N–H and O–H groups in total. The fourth-order valence-corrected chi connectivity index (χ4v) is 13.7. The van der Waals surface area contributed by atoms with E-state index in [0.717, 1.165) is 78.6 Å². The van der Waals surface area contributed by atoms with Crippen molar-refractivity contribution in [1.29, 1.82) is 0 Å². The summed E-state index contributed by atoms with van der Waals surface area (Å²) >= 11 is 0. The lowest BCUT2D eigenvalue weighted by atomic mass is 9.33. The Kier molecular flexibility index (Phi) is 11.7. The van der Waals surface area contributed by atoms with Crippen molar-refractivity contribution >= 4 is 78.8 Å². The van der Waals surface area contributed by atoms with Crippen molar-refractivity contribution in [2.45, 2.75) is 0 Å². The Morgan fingerprint density at radius 3 is 0.988 bits per heavy atom. The Bertz CT molecular complexity index is 4600. The zero-order valence-electron chi connectivity index (χ0n) is 45.6. The summed E-state index contributed by atoms with van der Waals surface area (Å²) in [5.74, 6) is 0. The van der Waals surface area contributed by atoms with Crippen LogP contribution in [-0.4, -0.2) is 6.71 Å². The molecule has 0 fully saturated rings. The first-order chi connectivity index (χ1) is 41.2. The van der Waals surface area contributed by atoms with Gasteiger partial charge in [0.1, 0.15) is 0 Å². The predicted octanol–water partition coefficient (Wildman–Crippen LogP) is 19.7. The molecule has 0 saturated carbocycles. The fourth-order valence-electron chi connectivity index (χ4n) is 13.7. The number of hydrogen-bond donors (Lipinski definition) is 0. The maximum Gasteiger partial charge on any atom is 0.252 e. The van der Waals surface area contributed by atoms with Crippen molar-refractivity contribution in [1.82, 2.24) is 0 Å². The monoisotopic (exact) mass is 1050 g/mol. The quantitative estimate of drug-likeness (QED) is 0.105. The van der Waals surface area contributed by atoms with Crippen molar-refractivity contribution in [2.24, 2.45) is 0 Å². The molecule has 386 valence electrons. The first-order valence-corrected chi connectivity index (χ1v) is 28.8. The van der Waals surface area contributed by atoms with Crippen LogP contribution in [0.3, 0.4) is 0 Å². The highest BCUT2D eigenvalue weighted by Crippen LogP contribution is 2.54. The third-order valence-corrected chi connectivity index (χ3v) is 17.2. The van der Waals surface area contributed by atoms with Gasteiger partial charge in [0, 0.05) is 45.0 Å². The zero-order valence-corrected chi connectivity index (χ0v) is 45.6. The smallest absolute Gasteiger partial charge is 0.252 e. The lowest BCUT2D eigenvalue weighted by Crippen LogP contribution is -2.61. The SMILES string of the molecule is c1ccc(-c2ccc3c(c2)B2c4ccc(-c5c6ccccc6c(-c6ccccc6)c6ccccc56)cc4N(c4c(-c5ccccc5)cccc4-c4ccccc4)c4cccc(c42)N3c2c(-c3ccccc3)cccc2-c2ccccc2)cc1. The summed E-state index contributed by atoms with van der Waals surface area (Å²) in [6.07, 6.45) is 0. The Morgan fingerprint density at radius 2 is 0.554 bits per heavy atom. The summed E-state index contributed by atoms with van der Waals surface area (Å²) in [4.78, 5) is 5.25. The van der Waals surface area contributed by atoms with E-state index in [2.05, 4.69) is 331 Å². The highest BCUT2D eigenvalue weighted by Gasteiger charge is 2.45. The van der Waals surface area contributed by atoms with Crippen LogP contribution in [0, 0.1) is 0 Å². The number of benzene rings is 14. The first kappa shape index (κ1) is 48.2. The Hall–Kier alpha value is -10.7. The van der Waals surface area contributed by atoms with Gasteiger partial charge in [-0.05, 0) is 118 Å². The van der Waals surface area contributed by atoms with Gasteiger partial charge in [0.05, 0.1) is 11.4 Å². The van der Waals surface area contributed by atoms with Gasteiger partial charge in [0.25, 0.3) is 6.71 Å². The van der Waals surface area contributed by atoms with E-state index in [4.69, 9.17) is 0 Å². The van der Waals surface area contributed by atoms with Crippen molar-refractivity contribution < 1.29 is 0 Å². The molecule has 16 rings (SSSR count). The molecule has 2 nitrogen and oxygen atoms in total. The van der Waals surface area contributed by atoms with E-state index < -0.39 is 0 Å². The molecule has 0 radical (unpaired) electrons. The molecular weight excluding hydrogens is 1000 g/mol. The van der Waals surface area contributed by atoms with Crippen molar-refractivity contribution in [2.75, 3.05) is 9.80 Å². The number of rotatable bonds is 9. The van der Waals surface area contributed by atoms with Crippen LogP contribution in [-0.2, 0) is 0 Å². The lowest BCUT2D eigenvalue weighted by Gasteiger charge is -2.45. The predicted molar refractivity (Wildman–Crippen MR) is 354 cm³/mol. The Balaban J connectivity index is 1.04. The van der Waals surface area contributed by atoms with E-state index >= 15 is 0 Å². The molecule has 14 aromatic rings. The molecule has 14 aromatic carbocycles. The third kappa shape index (κ3) is 7.96. The Labute approximate surface area is 485 Å². The van der Waals surface area contributed by atoms with E-state index in [1.807, 2.05) is 0 Å². The molecule has 0 aliphatic carbocycles. The summed E-state index contributed by atoms with van der Waals surface area (Å²) < 4.78 is 0. The van der Waals surface area contributed by atoms with Crippen molar-refractivity contribution in [3.05, 3.63) is 322 Å². The van der Waals surface area contributed by atoms with Crippen LogP contribution < -0.4 is 26.2 Å². The van der Waals surface area contributed by atoms with Crippen molar-refractivity contribution in [3.8, 4) is 77.9 Å². The fraction of sp³-hybridized carbons (Fsp3) is 0. The summed E-state index contributed by atoms with van der Waals surface area (Å²) in [6.45, 7) is -0.154. The minimum absolute atomic E-state index is 0.154. The number of anilines is 6. The Morgan fingerprint density at radius 1 is 0.205 bits per heavy atom. The van der Waals surface area contributed by atoms with Gasteiger partial charge in [-0.1, -0.05) is 297 Å². The van der Waals surface area contributed by atoms with E-state index in [1.165, 1.54) is 71.3 Å². The molecule has 2 aliphatic heterocycles. The average Bonchev–Trinajstić information content (AvgIpc) is 3.62. The summed E-state index contributed by atoms with van der Waals surface area (Å²) in [6, 6.07) is 119. The third-order valence-electron chi connectivity index (χ3n) is 17.2. The molecular formula is C80H53BN2. The van der Waals surface area contributed by atoms with Gasteiger partial charge in [-0.15, -0.1) is 0 Å². The largest absolute Gasteiger partial charge is 0.310 e. The zero-order chi connectivity index (χ0) is 54.8. The number of para-hydroxylation sites is 2. The second-order valence-electron chi connectivity index (χ2n) is 21.8. The second kappa shape index (κ2) is 20.1. The van der Waals surface area contributed by atoms with E-state index in [0.29, 0.717) is 0 Å². The average molecular weight is 1050 g/mol. The maximum absolute atomic E-state index is 2.65. The number of hydrogen-bond acceptors (Lipinski definition) is 2. The summed E-state index contributed by atoms with van der Waals surface area (Å²) in [5.41, 5.74) is 27.1. The van der Waals surface area contributed by atoms with Gasteiger partial charge < -0.3 is 9.80 Å². The number of fused-ring (bicyclic) bond motifs is 6. The van der Waals surface area contributed by atoms with Gasteiger partial charge in [-0.25, -0.2) is 0 Å². The van der Waals surface area contributed by atoms with Crippen LogP contribution in [0.25, 0.3) is 99.4 Å². The lowest BCUT2D eigenvalue weighted by molar-refractivity contribution is 1.25. The van der Waals surface area contributed by atoms with Crippen LogP contribution in [0.4, 0.5) is 34.1 Å². The molecule has 2 heterocycles. The van der Waals surface area contributed by atoms with Gasteiger partial charge in [0.2, 0.25) is 0 Å². The second-order valence-corrected chi connectivity index (χ2v) is 21.8. The molecule has 2 aliphatic rings. The van der Waals surface area contributed by atoms with E-state index in [9.17, 15) is 0 Å². The van der Waals surface area contributed by atoms with Gasteiger partial charge in [-0.3, -0.25) is 0 Å². The molecule has 3 heteroatoms. The number of nitrogens with zero attached hydrogens (tertiary/aromatic N) is 2. The molecule has 0 amide bonds. The molecule has 0 atom stereocenters. The summed E-state index contributed by atoms with van der Waals surface area (Å²) in [5, 5.41) is 4.92. The molecule has 0 saturated heterocycles. The van der Waals surface area contributed by atoms with Crippen LogP contribution in [0.15, 0.2) is 322 Å². The molecule has 0 spiro atoms. The minimum atomic E-state index is -0.154. The normalized spacial score (nSPS) is 12.3. The van der Waals surface area contributed by atoms with Crippen molar-refractivity contribution in [3.63, 3.8) is 0 Å². The van der Waals surface area contributed by atoms with E-state index in [1.54, 1.807) is 0 Å². The molecule has 83 heavy (non-hydrogen) atoms. The van der Waals surface area contributed by atoms with Crippen LogP contribution in [0.2, 0.25) is 0 Å².